The molecule has 0 N–H and O–H groups in total. The first-order valence-electron chi connectivity index (χ1n) is 33.7. The SMILES string of the molecule is CC1(C)OB(c2cc3sccc3s2)OC1(C)C.CCCCCCCCCCCCCCCCN1C(=O)c2c(Br)c(Cl)c(Cl)c(Br)c2C1=O.CCCCCCCCCCCCCCCCN1C(=O)c2c(c(-c3cc4sccc4s3)c(Cl)c(Cl)c2-c2cc3sccc3s2)C1=O. The molecule has 0 bridgehead atoms. The molecule has 8 aromatic rings. The second kappa shape index (κ2) is 35.7. The molecule has 1 saturated heterocycles. The van der Waals surface area contributed by atoms with Crippen LogP contribution in [0.2, 0.25) is 20.1 Å². The third kappa shape index (κ3) is 18.2. The van der Waals surface area contributed by atoms with Crippen LogP contribution in [0.5, 0.6) is 0 Å². The second-order valence-electron chi connectivity index (χ2n) is 25.8. The highest BCUT2D eigenvalue weighted by atomic mass is 79.9. The summed E-state index contributed by atoms with van der Waals surface area (Å²) in [5.41, 5.74) is 2.08. The number of hydrogen-bond acceptors (Lipinski definition) is 12. The van der Waals surface area contributed by atoms with Crippen LogP contribution in [-0.2, 0) is 9.31 Å². The van der Waals surface area contributed by atoms with Gasteiger partial charge in [0, 0.05) is 66.9 Å². The van der Waals surface area contributed by atoms with Gasteiger partial charge in [0.25, 0.3) is 23.6 Å². The van der Waals surface area contributed by atoms with Crippen LogP contribution in [0.25, 0.3) is 49.1 Å². The Kier molecular flexibility index (Phi) is 28.8. The van der Waals surface area contributed by atoms with Crippen molar-refractivity contribution in [3.8, 4) is 20.9 Å². The zero-order valence-corrected chi connectivity index (χ0v) is 65.6. The van der Waals surface area contributed by atoms with E-state index in [4.69, 9.17) is 55.7 Å². The topological polar surface area (TPSA) is 93.2 Å². The van der Waals surface area contributed by atoms with E-state index in [1.165, 1.54) is 165 Å². The molecule has 0 atom stereocenters. The summed E-state index contributed by atoms with van der Waals surface area (Å²) in [6, 6.07) is 12.6. The van der Waals surface area contributed by atoms with Crippen molar-refractivity contribution in [3.05, 3.63) is 104 Å². The number of imide groups is 2. The van der Waals surface area contributed by atoms with Crippen molar-refractivity contribution < 1.29 is 28.5 Å². The van der Waals surface area contributed by atoms with Gasteiger partial charge in [-0.15, -0.1) is 68.0 Å². The summed E-state index contributed by atoms with van der Waals surface area (Å²) in [6.45, 7) is 13.7. The van der Waals surface area contributed by atoms with Crippen LogP contribution in [0.1, 0.15) is 263 Å². The quantitative estimate of drug-likeness (QED) is 0.0134. The first-order valence-corrected chi connectivity index (χ1v) is 41.9. The molecule has 0 saturated carbocycles. The van der Waals surface area contributed by atoms with E-state index in [0.717, 1.165) is 67.1 Å². The fraction of sp³-hybridized carbons (Fsp3) is 0.528. The molecule has 8 nitrogen and oxygen atoms in total. The number of carbonyl (C=O) groups excluding carboxylic acids is 4. The van der Waals surface area contributed by atoms with Crippen LogP contribution in [-0.4, -0.2) is 64.8 Å². The molecule has 3 aliphatic heterocycles. The van der Waals surface area contributed by atoms with Crippen molar-refractivity contribution in [2.24, 2.45) is 0 Å². The van der Waals surface area contributed by atoms with Crippen LogP contribution in [0.4, 0.5) is 0 Å². The van der Waals surface area contributed by atoms with Gasteiger partial charge >= 0.3 is 7.12 Å². The number of benzene rings is 2. The molecule has 2 aromatic carbocycles. The number of hydrogen-bond donors (Lipinski definition) is 0. The van der Waals surface area contributed by atoms with Gasteiger partial charge in [-0.05, 0) is 125 Å². The fourth-order valence-electron chi connectivity index (χ4n) is 12.3. The summed E-state index contributed by atoms with van der Waals surface area (Å²) in [6.07, 6.45) is 35.4. The van der Waals surface area contributed by atoms with E-state index in [-0.39, 0.29) is 52.0 Å². The molecule has 9 heterocycles. The van der Waals surface area contributed by atoms with E-state index in [1.807, 2.05) is 0 Å². The lowest BCUT2D eigenvalue weighted by Crippen LogP contribution is -2.41. The normalized spacial score (nSPS) is 15.0. The summed E-state index contributed by atoms with van der Waals surface area (Å²) in [7, 11) is -0.218. The van der Waals surface area contributed by atoms with Crippen molar-refractivity contribution in [3.63, 3.8) is 0 Å². The smallest absolute Gasteiger partial charge is 0.399 e. The molecule has 0 radical (unpaired) electrons. The number of fused-ring (bicyclic) bond motifs is 5. The van der Waals surface area contributed by atoms with Crippen LogP contribution in [0, 0.1) is 0 Å². The average Bonchev–Trinajstić information content (AvgIpc) is 1.60. The number of rotatable bonds is 33. The maximum absolute atomic E-state index is 14.1. The molecule has 0 unspecified atom stereocenters. The van der Waals surface area contributed by atoms with Crippen molar-refractivity contribution >= 4 is 210 Å². The Morgan fingerprint density at radius 2 is 0.677 bits per heavy atom. The van der Waals surface area contributed by atoms with Crippen molar-refractivity contribution in [2.75, 3.05) is 13.1 Å². The number of halogens is 6. The van der Waals surface area contributed by atoms with Crippen LogP contribution in [0.3, 0.4) is 0 Å². The van der Waals surface area contributed by atoms with Gasteiger partial charge in [0.15, 0.2) is 0 Å². The van der Waals surface area contributed by atoms with Crippen LogP contribution >= 0.6 is 146 Å². The monoisotopic (exact) mass is 1580 g/mol. The predicted molar refractivity (Wildman–Crippen MR) is 412 cm³/mol. The average molecular weight is 1580 g/mol. The van der Waals surface area contributed by atoms with E-state index in [0.29, 0.717) is 65.5 Å². The lowest BCUT2D eigenvalue weighted by Gasteiger charge is -2.32. The predicted octanol–water partition coefficient (Wildman–Crippen LogP) is 26.8. The summed E-state index contributed by atoms with van der Waals surface area (Å²) in [5.74, 6) is -1.12. The van der Waals surface area contributed by atoms with Crippen LogP contribution in [0.15, 0.2) is 61.5 Å². The molecule has 0 aliphatic carbocycles. The molecular formula is C72H87BBr2Cl4N2O6S6. The Morgan fingerprint density at radius 1 is 0.387 bits per heavy atom. The van der Waals surface area contributed by atoms with E-state index in [9.17, 15) is 19.2 Å². The molecule has 0 spiro atoms. The fourth-order valence-corrected chi connectivity index (χ4v) is 21.2. The summed E-state index contributed by atoms with van der Waals surface area (Å²) < 4.78 is 21.2. The van der Waals surface area contributed by atoms with Gasteiger partial charge in [-0.1, -0.05) is 227 Å². The summed E-state index contributed by atoms with van der Waals surface area (Å²) >= 11 is 43.1. The van der Waals surface area contributed by atoms with Gasteiger partial charge < -0.3 is 9.31 Å². The van der Waals surface area contributed by atoms with E-state index >= 15 is 0 Å². The van der Waals surface area contributed by atoms with Gasteiger partial charge in [-0.25, -0.2) is 0 Å². The highest BCUT2D eigenvalue weighted by molar-refractivity contribution is 9.11. The molecule has 1 fully saturated rings. The minimum absolute atomic E-state index is 0.218. The van der Waals surface area contributed by atoms with Gasteiger partial charge in [0.05, 0.1) is 62.5 Å². The Morgan fingerprint density at radius 3 is 0.989 bits per heavy atom. The van der Waals surface area contributed by atoms with E-state index in [2.05, 4.69) is 126 Å². The maximum Gasteiger partial charge on any atom is 0.505 e. The van der Waals surface area contributed by atoms with Gasteiger partial charge in [-0.2, -0.15) is 0 Å². The maximum atomic E-state index is 14.1. The molecular weight excluding hydrogens is 1490 g/mol. The van der Waals surface area contributed by atoms with Crippen molar-refractivity contribution in [1.82, 2.24) is 9.80 Å². The summed E-state index contributed by atoms with van der Waals surface area (Å²) in [4.78, 5) is 58.2. The second-order valence-corrected chi connectivity index (χ2v) is 35.0. The van der Waals surface area contributed by atoms with Crippen molar-refractivity contribution in [1.29, 1.82) is 0 Å². The highest BCUT2D eigenvalue weighted by Crippen LogP contribution is 2.53. The van der Waals surface area contributed by atoms with E-state index in [1.54, 1.807) is 68.0 Å². The number of thiophene rings is 6. The van der Waals surface area contributed by atoms with Crippen LogP contribution < -0.4 is 4.78 Å². The lowest BCUT2D eigenvalue weighted by molar-refractivity contribution is 0.00578. The third-order valence-corrected chi connectivity index (χ3v) is 28.5. The Labute approximate surface area is 612 Å². The molecule has 6 aromatic heterocycles. The van der Waals surface area contributed by atoms with Crippen molar-refractivity contribution in [2.45, 2.75) is 233 Å². The minimum Gasteiger partial charge on any atom is -0.399 e. The molecule has 502 valence electrons. The van der Waals surface area contributed by atoms with Gasteiger partial charge in [0.2, 0.25) is 0 Å². The number of carbonyl (C=O) groups is 4. The first-order chi connectivity index (χ1) is 44.8. The number of unbranched alkanes of at least 4 members (excludes halogenated alkanes) is 26. The molecule has 93 heavy (non-hydrogen) atoms. The zero-order valence-electron chi connectivity index (χ0n) is 54.5. The van der Waals surface area contributed by atoms with Gasteiger partial charge in [-0.3, -0.25) is 29.0 Å². The zero-order chi connectivity index (χ0) is 66.4. The molecule has 3 aliphatic rings. The highest BCUT2D eigenvalue weighted by Gasteiger charge is 2.52. The molecule has 21 heteroatoms. The standard InChI is InChI=1S/C36H39Cl2NO2S4.C24H33Br2Cl2NO2.C12H15BO2S2/c1-2-3-4-5-6-7-8-9-10-11-12-13-14-15-18-39-35(40)31-29(27-21-25-23(44-27)16-19-42-25)33(37)34(38)30(32(31)36(39)41)28-22-26-24(45-28)17-20-43-26;1-2-3-4-5-6-7-8-9-10-11-12-13-14-15-16-29-23(30)17-18(24(29)31)20(26)22(28)21(27)19(17)25;1-11(2)12(3,4)15-13(14-11)10-7-9-8(17-10)5-6-16-9/h16-17,19-22H,2-15,18H2,1H3;2-16H2,1H3;5-7H,1-4H3. The Balaban J connectivity index is 0.000000183. The third-order valence-electron chi connectivity index (χ3n) is 18.4. The molecule has 11 rings (SSSR count). The molecule has 4 amide bonds. The Hall–Kier alpha value is -2.20. The lowest BCUT2D eigenvalue weighted by atomic mass is 9.88. The largest absolute Gasteiger partial charge is 0.505 e. The Bertz CT molecular complexity index is 3580. The number of nitrogens with zero attached hydrogens (tertiary/aromatic N) is 2. The summed E-state index contributed by atoms with van der Waals surface area (Å²) in [5, 5.41) is 7.41. The minimum atomic E-state index is -0.305. The number of amides is 4. The van der Waals surface area contributed by atoms with Gasteiger partial charge in [0.1, 0.15) is 0 Å². The van der Waals surface area contributed by atoms with E-state index < -0.39 is 0 Å². The first kappa shape index (κ1) is 75.0.